The maximum atomic E-state index is 12.5. The maximum absolute atomic E-state index is 12.5. The molecule has 1 aliphatic heterocycles. The van der Waals surface area contributed by atoms with Gasteiger partial charge in [-0.1, -0.05) is 18.2 Å². The lowest BCUT2D eigenvalue weighted by atomic mass is 10.2. The molecule has 2 unspecified atom stereocenters. The standard InChI is InChI=1S/C18H21N3O3/c1-13-11-21(12-14(2)23-13)18(22)20-16-9-6-10-19-17(16)24-15-7-4-3-5-8-15/h3-10,13-14H,11-12H2,1-2H3,(H,20,22). The van der Waals surface area contributed by atoms with Crippen LogP contribution in [0.15, 0.2) is 48.7 Å². The number of rotatable bonds is 3. The van der Waals surface area contributed by atoms with E-state index in [1.807, 2.05) is 44.2 Å². The molecule has 3 rings (SSSR count). The second-order valence-electron chi connectivity index (χ2n) is 5.86. The van der Waals surface area contributed by atoms with E-state index in [0.717, 1.165) is 0 Å². The Morgan fingerprint density at radius 2 is 1.88 bits per heavy atom. The average Bonchev–Trinajstić information content (AvgIpc) is 2.56. The van der Waals surface area contributed by atoms with Crippen LogP contribution in [0.2, 0.25) is 0 Å². The summed E-state index contributed by atoms with van der Waals surface area (Å²) in [6.45, 7) is 5.05. The Labute approximate surface area is 141 Å². The molecule has 0 aliphatic carbocycles. The van der Waals surface area contributed by atoms with Crippen molar-refractivity contribution in [3.63, 3.8) is 0 Å². The number of morpholine rings is 1. The second kappa shape index (κ2) is 7.31. The molecular weight excluding hydrogens is 306 g/mol. The van der Waals surface area contributed by atoms with E-state index in [4.69, 9.17) is 9.47 Å². The third kappa shape index (κ3) is 4.02. The SMILES string of the molecule is CC1CN(C(=O)Nc2cccnc2Oc2ccccc2)CC(C)O1. The maximum Gasteiger partial charge on any atom is 0.322 e. The molecule has 2 atom stereocenters. The molecule has 6 nitrogen and oxygen atoms in total. The van der Waals surface area contributed by atoms with Crippen molar-refractivity contribution >= 4 is 11.7 Å². The molecule has 1 aliphatic rings. The van der Waals surface area contributed by atoms with Crippen LogP contribution in [0.3, 0.4) is 0 Å². The zero-order valence-corrected chi connectivity index (χ0v) is 13.8. The number of anilines is 1. The number of aromatic nitrogens is 1. The van der Waals surface area contributed by atoms with Crippen LogP contribution >= 0.6 is 0 Å². The lowest BCUT2D eigenvalue weighted by Crippen LogP contribution is -2.49. The summed E-state index contributed by atoms with van der Waals surface area (Å²) in [6.07, 6.45) is 1.68. The largest absolute Gasteiger partial charge is 0.437 e. The lowest BCUT2D eigenvalue weighted by molar-refractivity contribution is -0.0530. The first-order chi connectivity index (χ1) is 11.6. The number of carbonyl (C=O) groups is 1. The van der Waals surface area contributed by atoms with Crippen molar-refractivity contribution in [3.8, 4) is 11.6 Å². The molecule has 2 amide bonds. The van der Waals surface area contributed by atoms with Gasteiger partial charge in [-0.3, -0.25) is 0 Å². The van der Waals surface area contributed by atoms with Crippen LogP contribution < -0.4 is 10.1 Å². The Balaban J connectivity index is 1.72. The molecule has 1 N–H and O–H groups in total. The molecule has 2 heterocycles. The number of amides is 2. The van der Waals surface area contributed by atoms with Crippen molar-refractivity contribution < 1.29 is 14.3 Å². The van der Waals surface area contributed by atoms with Crippen LogP contribution in [0.4, 0.5) is 10.5 Å². The predicted molar refractivity (Wildman–Crippen MR) is 91.4 cm³/mol. The lowest BCUT2D eigenvalue weighted by Gasteiger charge is -2.35. The molecule has 0 bridgehead atoms. The Hall–Kier alpha value is -2.60. The molecule has 1 aromatic carbocycles. The average molecular weight is 327 g/mol. The Morgan fingerprint density at radius 1 is 1.17 bits per heavy atom. The first kappa shape index (κ1) is 16.3. The van der Waals surface area contributed by atoms with E-state index in [2.05, 4.69) is 10.3 Å². The van der Waals surface area contributed by atoms with Crippen molar-refractivity contribution in [2.75, 3.05) is 18.4 Å². The third-order valence-electron chi connectivity index (χ3n) is 3.68. The van der Waals surface area contributed by atoms with Gasteiger partial charge in [0.2, 0.25) is 5.88 Å². The van der Waals surface area contributed by atoms with Gasteiger partial charge in [0.15, 0.2) is 0 Å². The van der Waals surface area contributed by atoms with Crippen molar-refractivity contribution in [1.82, 2.24) is 9.88 Å². The number of urea groups is 1. The summed E-state index contributed by atoms with van der Waals surface area (Å²) in [6, 6.07) is 12.7. The molecule has 2 aromatic rings. The minimum absolute atomic E-state index is 0.0217. The fraction of sp³-hybridized carbons (Fsp3) is 0.333. The topological polar surface area (TPSA) is 63.7 Å². The quantitative estimate of drug-likeness (QED) is 0.937. The number of nitrogens with zero attached hydrogens (tertiary/aromatic N) is 2. The molecule has 6 heteroatoms. The summed E-state index contributed by atoms with van der Waals surface area (Å²) in [5, 5.41) is 2.89. The zero-order chi connectivity index (χ0) is 16.9. The van der Waals surface area contributed by atoms with Crippen LogP contribution in [0.25, 0.3) is 0 Å². The molecule has 1 aromatic heterocycles. The Morgan fingerprint density at radius 3 is 2.58 bits per heavy atom. The van der Waals surface area contributed by atoms with E-state index in [0.29, 0.717) is 30.4 Å². The predicted octanol–water partition coefficient (Wildman–Crippen LogP) is 3.52. The van der Waals surface area contributed by atoms with Crippen LogP contribution in [0, 0.1) is 0 Å². The summed E-state index contributed by atoms with van der Waals surface area (Å²) in [4.78, 5) is 18.5. The van der Waals surface area contributed by atoms with Crippen LogP contribution in [0.5, 0.6) is 11.6 Å². The highest BCUT2D eigenvalue weighted by atomic mass is 16.5. The Kier molecular flexibility index (Phi) is 4.96. The number of hydrogen-bond donors (Lipinski definition) is 1. The van der Waals surface area contributed by atoms with E-state index in [1.165, 1.54) is 0 Å². The molecule has 0 saturated carbocycles. The van der Waals surface area contributed by atoms with Gasteiger partial charge >= 0.3 is 6.03 Å². The summed E-state index contributed by atoms with van der Waals surface area (Å²) >= 11 is 0. The van der Waals surface area contributed by atoms with E-state index in [-0.39, 0.29) is 18.2 Å². The highest BCUT2D eigenvalue weighted by Gasteiger charge is 2.26. The van der Waals surface area contributed by atoms with Crippen LogP contribution in [-0.4, -0.2) is 41.2 Å². The first-order valence-electron chi connectivity index (χ1n) is 8.01. The van der Waals surface area contributed by atoms with Crippen molar-refractivity contribution in [2.24, 2.45) is 0 Å². The van der Waals surface area contributed by atoms with Gasteiger partial charge in [0.25, 0.3) is 0 Å². The van der Waals surface area contributed by atoms with Crippen LogP contribution in [0.1, 0.15) is 13.8 Å². The molecule has 1 fully saturated rings. The van der Waals surface area contributed by atoms with Gasteiger partial charge in [-0.05, 0) is 38.1 Å². The van der Waals surface area contributed by atoms with Gasteiger partial charge in [0.1, 0.15) is 11.4 Å². The van der Waals surface area contributed by atoms with E-state index in [1.54, 1.807) is 23.2 Å². The number of ether oxygens (including phenoxy) is 2. The number of hydrogen-bond acceptors (Lipinski definition) is 4. The molecular formula is C18H21N3O3. The fourth-order valence-electron chi connectivity index (χ4n) is 2.71. The third-order valence-corrected chi connectivity index (χ3v) is 3.68. The number of benzene rings is 1. The number of pyridine rings is 1. The summed E-state index contributed by atoms with van der Waals surface area (Å²) in [5.41, 5.74) is 0.540. The van der Waals surface area contributed by atoms with Gasteiger partial charge in [-0.15, -0.1) is 0 Å². The van der Waals surface area contributed by atoms with Gasteiger partial charge in [-0.25, -0.2) is 9.78 Å². The van der Waals surface area contributed by atoms with E-state index >= 15 is 0 Å². The van der Waals surface area contributed by atoms with Gasteiger partial charge in [0.05, 0.1) is 12.2 Å². The molecule has 126 valence electrons. The zero-order valence-electron chi connectivity index (χ0n) is 13.8. The van der Waals surface area contributed by atoms with Crippen molar-refractivity contribution in [3.05, 3.63) is 48.7 Å². The summed E-state index contributed by atoms with van der Waals surface area (Å²) in [7, 11) is 0. The van der Waals surface area contributed by atoms with Crippen molar-refractivity contribution in [2.45, 2.75) is 26.1 Å². The second-order valence-corrected chi connectivity index (χ2v) is 5.86. The van der Waals surface area contributed by atoms with Crippen LogP contribution in [-0.2, 0) is 4.74 Å². The summed E-state index contributed by atoms with van der Waals surface area (Å²) in [5.74, 6) is 1.03. The summed E-state index contributed by atoms with van der Waals surface area (Å²) < 4.78 is 11.4. The first-order valence-corrected chi connectivity index (χ1v) is 8.01. The monoisotopic (exact) mass is 327 g/mol. The number of para-hydroxylation sites is 1. The molecule has 0 radical (unpaired) electrons. The highest BCUT2D eigenvalue weighted by molar-refractivity contribution is 5.90. The van der Waals surface area contributed by atoms with Gasteiger partial charge in [-0.2, -0.15) is 0 Å². The Bertz CT molecular complexity index is 683. The van der Waals surface area contributed by atoms with Gasteiger partial charge in [0, 0.05) is 19.3 Å². The van der Waals surface area contributed by atoms with E-state index in [9.17, 15) is 4.79 Å². The van der Waals surface area contributed by atoms with Gasteiger partial charge < -0.3 is 19.7 Å². The number of nitrogens with one attached hydrogen (secondary N) is 1. The molecule has 0 spiro atoms. The van der Waals surface area contributed by atoms with E-state index < -0.39 is 0 Å². The molecule has 1 saturated heterocycles. The normalized spacial score (nSPS) is 20.5. The smallest absolute Gasteiger partial charge is 0.322 e. The number of carbonyl (C=O) groups excluding carboxylic acids is 1. The van der Waals surface area contributed by atoms with Crippen molar-refractivity contribution in [1.29, 1.82) is 0 Å². The minimum Gasteiger partial charge on any atom is -0.437 e. The highest BCUT2D eigenvalue weighted by Crippen LogP contribution is 2.27. The molecule has 24 heavy (non-hydrogen) atoms. The minimum atomic E-state index is -0.178. The fourth-order valence-corrected chi connectivity index (χ4v) is 2.71.